The fraction of sp³-hybridized carbons (Fsp3) is 0.261. The zero-order chi connectivity index (χ0) is 20.7. The molecule has 0 fully saturated rings. The van der Waals surface area contributed by atoms with Crippen molar-refractivity contribution in [2.45, 2.75) is 19.9 Å². The van der Waals surface area contributed by atoms with E-state index in [0.717, 1.165) is 27.8 Å². The molecule has 1 N–H and O–H groups in total. The maximum absolute atomic E-state index is 13.2. The molecule has 0 spiro atoms. The third kappa shape index (κ3) is 3.20. The molecule has 4 aromatic rings. The molecule has 0 saturated heterocycles. The van der Waals surface area contributed by atoms with E-state index in [1.54, 1.807) is 11.6 Å². The molecular weight excluding hydrogens is 364 g/mol. The molecule has 1 amide bonds. The Morgan fingerprint density at radius 2 is 1.62 bits per heavy atom. The highest BCUT2D eigenvalue weighted by atomic mass is 16.2. The molecule has 6 nitrogen and oxygen atoms in total. The lowest BCUT2D eigenvalue weighted by Crippen LogP contribution is -2.34. The van der Waals surface area contributed by atoms with E-state index in [1.807, 2.05) is 74.0 Å². The fourth-order valence-electron chi connectivity index (χ4n) is 3.79. The van der Waals surface area contributed by atoms with Crippen LogP contribution in [0.5, 0.6) is 0 Å². The van der Waals surface area contributed by atoms with E-state index < -0.39 is 0 Å². The highest BCUT2D eigenvalue weighted by molar-refractivity contribution is 6.06. The number of imidazole rings is 1. The number of carbonyl (C=O) groups excluding carboxylic acids is 1. The average Bonchev–Trinajstić information content (AvgIpc) is 3.05. The summed E-state index contributed by atoms with van der Waals surface area (Å²) in [6.07, 6.45) is 0. The number of rotatable bonds is 4. The van der Waals surface area contributed by atoms with Crippen molar-refractivity contribution in [3.05, 3.63) is 76.3 Å². The number of benzene rings is 2. The first-order chi connectivity index (χ1) is 13.9. The van der Waals surface area contributed by atoms with E-state index in [4.69, 9.17) is 4.98 Å². The van der Waals surface area contributed by atoms with E-state index in [0.29, 0.717) is 5.56 Å². The summed E-state index contributed by atoms with van der Waals surface area (Å²) in [6.45, 7) is 4.10. The molecule has 0 aliphatic heterocycles. The SMILES string of the molecule is CC(C)[C@@H](NC(=O)c1cc(=O)n(C)c2ccccc12)c1nc2ccccc2n1C. The van der Waals surface area contributed by atoms with Crippen LogP contribution in [0.4, 0.5) is 0 Å². The third-order valence-electron chi connectivity index (χ3n) is 5.45. The Labute approximate surface area is 168 Å². The minimum Gasteiger partial charge on any atom is -0.342 e. The van der Waals surface area contributed by atoms with Gasteiger partial charge in [0.2, 0.25) is 0 Å². The van der Waals surface area contributed by atoms with Crippen molar-refractivity contribution >= 4 is 27.8 Å². The summed E-state index contributed by atoms with van der Waals surface area (Å²) >= 11 is 0. The molecule has 4 rings (SSSR count). The Bertz CT molecular complexity index is 1280. The highest BCUT2D eigenvalue weighted by Gasteiger charge is 2.25. The predicted octanol–water partition coefficient (Wildman–Crippen LogP) is 3.55. The zero-order valence-electron chi connectivity index (χ0n) is 17.0. The molecule has 0 aliphatic carbocycles. The van der Waals surface area contributed by atoms with Crippen molar-refractivity contribution < 1.29 is 4.79 Å². The number of hydrogen-bond acceptors (Lipinski definition) is 3. The summed E-state index contributed by atoms with van der Waals surface area (Å²) in [5, 5.41) is 3.87. The van der Waals surface area contributed by atoms with Crippen LogP contribution in [-0.4, -0.2) is 20.0 Å². The van der Waals surface area contributed by atoms with Crippen LogP contribution in [0.25, 0.3) is 21.9 Å². The summed E-state index contributed by atoms with van der Waals surface area (Å²) in [7, 11) is 3.67. The smallest absolute Gasteiger partial charge is 0.252 e. The van der Waals surface area contributed by atoms with E-state index in [2.05, 4.69) is 5.32 Å². The van der Waals surface area contributed by atoms with Crippen LogP contribution in [0.2, 0.25) is 0 Å². The zero-order valence-corrected chi connectivity index (χ0v) is 17.0. The molecule has 0 aliphatic rings. The fourth-order valence-corrected chi connectivity index (χ4v) is 3.79. The van der Waals surface area contributed by atoms with Crippen LogP contribution in [0.15, 0.2) is 59.4 Å². The molecule has 29 heavy (non-hydrogen) atoms. The Morgan fingerprint density at radius 1 is 0.966 bits per heavy atom. The highest BCUT2D eigenvalue weighted by Crippen LogP contribution is 2.26. The van der Waals surface area contributed by atoms with E-state index in [9.17, 15) is 9.59 Å². The lowest BCUT2D eigenvalue weighted by atomic mass is 10.0. The molecule has 0 radical (unpaired) electrons. The average molecular weight is 388 g/mol. The van der Waals surface area contributed by atoms with Crippen molar-refractivity contribution in [2.75, 3.05) is 0 Å². The first-order valence-corrected chi connectivity index (χ1v) is 9.69. The molecule has 6 heteroatoms. The third-order valence-corrected chi connectivity index (χ3v) is 5.45. The Hall–Kier alpha value is -3.41. The van der Waals surface area contributed by atoms with Gasteiger partial charge in [-0.2, -0.15) is 0 Å². The van der Waals surface area contributed by atoms with Crippen LogP contribution >= 0.6 is 0 Å². The van der Waals surface area contributed by atoms with Crippen LogP contribution in [0.1, 0.15) is 36.1 Å². The second-order valence-corrected chi connectivity index (χ2v) is 7.69. The van der Waals surface area contributed by atoms with Crippen molar-refractivity contribution in [1.82, 2.24) is 19.4 Å². The summed E-state index contributed by atoms with van der Waals surface area (Å²) in [5.41, 5.74) is 2.81. The summed E-state index contributed by atoms with van der Waals surface area (Å²) in [4.78, 5) is 30.4. The van der Waals surface area contributed by atoms with Gasteiger partial charge in [0, 0.05) is 25.5 Å². The van der Waals surface area contributed by atoms with Crippen molar-refractivity contribution in [1.29, 1.82) is 0 Å². The van der Waals surface area contributed by atoms with Gasteiger partial charge in [-0.15, -0.1) is 0 Å². The predicted molar refractivity (Wildman–Crippen MR) is 115 cm³/mol. The molecule has 148 valence electrons. The molecule has 0 unspecified atom stereocenters. The Kier molecular flexibility index (Phi) is 4.70. The number of aromatic nitrogens is 3. The van der Waals surface area contributed by atoms with Crippen LogP contribution in [0, 0.1) is 5.92 Å². The monoisotopic (exact) mass is 388 g/mol. The molecule has 2 aromatic heterocycles. The number of carbonyl (C=O) groups is 1. The number of nitrogens with one attached hydrogen (secondary N) is 1. The second kappa shape index (κ2) is 7.20. The van der Waals surface area contributed by atoms with E-state index >= 15 is 0 Å². The van der Waals surface area contributed by atoms with Crippen molar-refractivity contribution in [3.63, 3.8) is 0 Å². The number of nitrogens with zero attached hydrogens (tertiary/aromatic N) is 3. The number of hydrogen-bond donors (Lipinski definition) is 1. The lowest BCUT2D eigenvalue weighted by molar-refractivity contribution is 0.0924. The van der Waals surface area contributed by atoms with Crippen LogP contribution in [-0.2, 0) is 14.1 Å². The van der Waals surface area contributed by atoms with Gasteiger partial charge in [0.05, 0.1) is 28.2 Å². The topological polar surface area (TPSA) is 68.9 Å². The Morgan fingerprint density at radius 3 is 2.31 bits per heavy atom. The number of amides is 1. The van der Waals surface area contributed by atoms with Gasteiger partial charge in [0.25, 0.3) is 11.5 Å². The first kappa shape index (κ1) is 18.9. The molecule has 2 heterocycles. The van der Waals surface area contributed by atoms with Gasteiger partial charge in [-0.25, -0.2) is 4.98 Å². The molecule has 2 aromatic carbocycles. The maximum Gasteiger partial charge on any atom is 0.252 e. The number of aryl methyl sites for hydroxylation is 2. The molecule has 0 saturated carbocycles. The first-order valence-electron chi connectivity index (χ1n) is 9.69. The van der Waals surface area contributed by atoms with Gasteiger partial charge < -0.3 is 14.5 Å². The molecular formula is C23H24N4O2. The van der Waals surface area contributed by atoms with Crippen molar-refractivity contribution in [3.8, 4) is 0 Å². The number of pyridine rings is 1. The van der Waals surface area contributed by atoms with Gasteiger partial charge in [0.15, 0.2) is 0 Å². The van der Waals surface area contributed by atoms with Gasteiger partial charge in [-0.05, 0) is 24.1 Å². The van der Waals surface area contributed by atoms with Gasteiger partial charge >= 0.3 is 0 Å². The van der Waals surface area contributed by atoms with Gasteiger partial charge in [-0.3, -0.25) is 9.59 Å². The Balaban J connectivity index is 1.78. The number of fused-ring (bicyclic) bond motifs is 2. The van der Waals surface area contributed by atoms with E-state index in [1.165, 1.54) is 6.07 Å². The largest absolute Gasteiger partial charge is 0.342 e. The summed E-state index contributed by atoms with van der Waals surface area (Å²) in [5.74, 6) is 0.639. The standard InChI is InChI=1S/C23H24N4O2/c1-14(2)21(22-24-17-10-6-8-12-19(17)27(22)4)25-23(29)16-13-20(28)26(3)18-11-7-5-9-15(16)18/h5-14,21H,1-4H3,(H,25,29)/t21-/m1/s1. The lowest BCUT2D eigenvalue weighted by Gasteiger charge is -2.22. The summed E-state index contributed by atoms with van der Waals surface area (Å²) < 4.78 is 3.57. The van der Waals surface area contributed by atoms with Crippen LogP contribution in [0.3, 0.4) is 0 Å². The van der Waals surface area contributed by atoms with Crippen LogP contribution < -0.4 is 10.9 Å². The van der Waals surface area contributed by atoms with Crippen molar-refractivity contribution in [2.24, 2.45) is 20.0 Å². The molecule has 0 bridgehead atoms. The minimum atomic E-state index is -0.289. The number of para-hydroxylation sites is 3. The normalized spacial score (nSPS) is 12.6. The minimum absolute atomic E-state index is 0.118. The van der Waals surface area contributed by atoms with E-state index in [-0.39, 0.29) is 23.4 Å². The quantitative estimate of drug-likeness (QED) is 0.581. The molecule has 1 atom stereocenters. The van der Waals surface area contributed by atoms with Gasteiger partial charge in [0.1, 0.15) is 5.82 Å². The van der Waals surface area contributed by atoms with Gasteiger partial charge in [-0.1, -0.05) is 44.2 Å². The maximum atomic E-state index is 13.2. The second-order valence-electron chi connectivity index (χ2n) is 7.69. The summed E-state index contributed by atoms with van der Waals surface area (Å²) in [6, 6.07) is 16.5.